The third kappa shape index (κ3) is 1.61. The zero-order valence-electron chi connectivity index (χ0n) is 8.94. The van der Waals surface area contributed by atoms with Crippen LogP contribution in [-0.2, 0) is 11.8 Å². The van der Waals surface area contributed by atoms with E-state index in [9.17, 15) is 4.79 Å². The van der Waals surface area contributed by atoms with Crippen molar-refractivity contribution >= 4 is 32.8 Å². The van der Waals surface area contributed by atoms with Gasteiger partial charge in [0.15, 0.2) is 0 Å². The second kappa shape index (κ2) is 3.90. The molecule has 0 saturated carbocycles. The summed E-state index contributed by atoms with van der Waals surface area (Å²) in [6.45, 7) is 1.68. The van der Waals surface area contributed by atoms with Gasteiger partial charge in [-0.1, -0.05) is 12.1 Å². The number of carboxylic acids is 1. The number of benzene rings is 1. The van der Waals surface area contributed by atoms with Crippen LogP contribution in [0.5, 0.6) is 0 Å². The minimum absolute atomic E-state index is 0.538. The van der Waals surface area contributed by atoms with E-state index in [-0.39, 0.29) is 0 Å². The summed E-state index contributed by atoms with van der Waals surface area (Å²) in [7, 11) is 1.82. The smallest absolute Gasteiger partial charge is 0.310 e. The molecule has 1 heterocycles. The molecule has 0 amide bonds. The Labute approximate surface area is 101 Å². The van der Waals surface area contributed by atoms with Crippen LogP contribution in [0, 0.1) is 0 Å². The molecule has 0 fully saturated rings. The van der Waals surface area contributed by atoms with Crippen molar-refractivity contribution in [2.24, 2.45) is 7.05 Å². The fraction of sp³-hybridized carbons (Fsp3) is 0.273. The molecule has 2 rings (SSSR count). The summed E-state index contributed by atoms with van der Waals surface area (Å²) in [5.74, 6) is -1.37. The van der Waals surface area contributed by atoms with Gasteiger partial charge in [0, 0.05) is 12.4 Å². The fourth-order valence-electron chi connectivity index (χ4n) is 1.73. The molecule has 1 N–H and O–H groups in total. The third-order valence-corrected chi connectivity index (χ3v) is 3.57. The van der Waals surface area contributed by atoms with Crippen LogP contribution in [-0.4, -0.2) is 20.9 Å². The number of fused-ring (bicyclic) bond motifs is 1. The Kier molecular flexibility index (Phi) is 2.71. The summed E-state index contributed by atoms with van der Waals surface area (Å²) < 4.78 is 2.51. The molecule has 4 nitrogen and oxygen atoms in total. The second-order valence-electron chi connectivity index (χ2n) is 3.72. The largest absolute Gasteiger partial charge is 0.481 e. The molecule has 0 bridgehead atoms. The summed E-state index contributed by atoms with van der Waals surface area (Å²) in [5.41, 5.74) is 1.59. The lowest BCUT2D eigenvalue weighted by Gasteiger charge is -2.07. The summed E-state index contributed by atoms with van der Waals surface area (Å²) in [5, 5.41) is 14.2. The number of nitrogens with zero attached hydrogens (tertiary/aromatic N) is 2. The predicted molar refractivity (Wildman–Crippen MR) is 64.5 cm³/mol. The lowest BCUT2D eigenvalue weighted by Crippen LogP contribution is -2.07. The summed E-state index contributed by atoms with van der Waals surface area (Å²) in [6, 6.07) is 5.53. The molecule has 0 aliphatic carbocycles. The lowest BCUT2D eigenvalue weighted by atomic mass is 9.98. The average molecular weight is 283 g/mol. The number of aryl methyl sites for hydroxylation is 1. The average Bonchev–Trinajstić information content (AvgIpc) is 2.54. The Morgan fingerprint density at radius 3 is 2.88 bits per heavy atom. The van der Waals surface area contributed by atoms with E-state index in [1.165, 1.54) is 0 Å². The standard InChI is InChI=1S/C11H11BrN2O2/c1-6(11(15)16)7-4-3-5-8-9(7)10(12)14(2)13-8/h3-6H,1-2H3,(H,15,16). The van der Waals surface area contributed by atoms with Gasteiger partial charge in [-0.15, -0.1) is 0 Å². The zero-order chi connectivity index (χ0) is 11.9. The van der Waals surface area contributed by atoms with Gasteiger partial charge in [-0.3, -0.25) is 9.48 Å². The topological polar surface area (TPSA) is 55.1 Å². The molecule has 0 radical (unpaired) electrons. The Morgan fingerprint density at radius 1 is 1.56 bits per heavy atom. The van der Waals surface area contributed by atoms with Crippen LogP contribution in [0.15, 0.2) is 22.8 Å². The fourth-order valence-corrected chi connectivity index (χ4v) is 2.24. The molecular weight excluding hydrogens is 272 g/mol. The summed E-state index contributed by atoms with van der Waals surface area (Å²) in [4.78, 5) is 11.0. The first-order valence-electron chi connectivity index (χ1n) is 4.86. The number of aromatic nitrogens is 2. The van der Waals surface area contributed by atoms with Crippen LogP contribution in [0.25, 0.3) is 10.9 Å². The maximum absolute atomic E-state index is 11.0. The van der Waals surface area contributed by atoms with Crippen molar-refractivity contribution in [2.75, 3.05) is 0 Å². The number of hydrogen-bond donors (Lipinski definition) is 1. The highest BCUT2D eigenvalue weighted by atomic mass is 79.9. The van der Waals surface area contributed by atoms with E-state index in [1.807, 2.05) is 25.2 Å². The van der Waals surface area contributed by atoms with Crippen molar-refractivity contribution in [1.29, 1.82) is 0 Å². The highest BCUT2D eigenvalue weighted by Gasteiger charge is 2.19. The number of aliphatic carboxylic acids is 1. The Morgan fingerprint density at radius 2 is 2.25 bits per heavy atom. The molecule has 1 aromatic heterocycles. The van der Waals surface area contributed by atoms with Crippen LogP contribution in [0.1, 0.15) is 18.4 Å². The number of carbonyl (C=O) groups is 1. The minimum Gasteiger partial charge on any atom is -0.481 e. The highest BCUT2D eigenvalue weighted by molar-refractivity contribution is 9.10. The van der Waals surface area contributed by atoms with E-state index in [0.29, 0.717) is 0 Å². The summed E-state index contributed by atoms with van der Waals surface area (Å²) >= 11 is 3.43. The molecule has 5 heteroatoms. The quantitative estimate of drug-likeness (QED) is 0.921. The van der Waals surface area contributed by atoms with Crippen molar-refractivity contribution in [2.45, 2.75) is 12.8 Å². The van der Waals surface area contributed by atoms with E-state index < -0.39 is 11.9 Å². The Bertz CT molecular complexity index is 562. The first kappa shape index (κ1) is 11.1. The third-order valence-electron chi connectivity index (χ3n) is 2.66. The van der Waals surface area contributed by atoms with Gasteiger partial charge in [0.1, 0.15) is 4.60 Å². The Balaban J connectivity index is 2.74. The maximum Gasteiger partial charge on any atom is 0.310 e. The first-order chi connectivity index (χ1) is 7.52. The normalized spacial score (nSPS) is 12.9. The summed E-state index contributed by atoms with van der Waals surface area (Å²) in [6.07, 6.45) is 0. The van der Waals surface area contributed by atoms with E-state index in [0.717, 1.165) is 21.1 Å². The monoisotopic (exact) mass is 282 g/mol. The van der Waals surface area contributed by atoms with Gasteiger partial charge in [-0.2, -0.15) is 5.10 Å². The minimum atomic E-state index is -0.830. The molecule has 1 atom stereocenters. The van der Waals surface area contributed by atoms with Gasteiger partial charge < -0.3 is 5.11 Å². The van der Waals surface area contributed by atoms with Crippen molar-refractivity contribution in [3.63, 3.8) is 0 Å². The van der Waals surface area contributed by atoms with E-state index in [4.69, 9.17) is 5.11 Å². The maximum atomic E-state index is 11.0. The van der Waals surface area contributed by atoms with Gasteiger partial charge in [0.25, 0.3) is 0 Å². The SMILES string of the molecule is CC(C(=O)O)c1cccc2nn(C)c(Br)c12. The first-order valence-corrected chi connectivity index (χ1v) is 5.65. The van der Waals surface area contributed by atoms with E-state index in [1.54, 1.807) is 11.6 Å². The molecule has 0 saturated heterocycles. The van der Waals surface area contributed by atoms with Crippen molar-refractivity contribution in [3.05, 3.63) is 28.4 Å². The van der Waals surface area contributed by atoms with E-state index >= 15 is 0 Å². The molecule has 2 aromatic rings. The van der Waals surface area contributed by atoms with Crippen LogP contribution in [0.3, 0.4) is 0 Å². The van der Waals surface area contributed by atoms with E-state index in [2.05, 4.69) is 21.0 Å². The number of rotatable bonds is 2. The van der Waals surface area contributed by atoms with Crippen LogP contribution in [0.2, 0.25) is 0 Å². The van der Waals surface area contributed by atoms with Crippen molar-refractivity contribution < 1.29 is 9.90 Å². The van der Waals surface area contributed by atoms with Crippen molar-refractivity contribution in [3.8, 4) is 0 Å². The zero-order valence-corrected chi connectivity index (χ0v) is 10.5. The molecule has 1 unspecified atom stereocenters. The van der Waals surface area contributed by atoms with Crippen molar-refractivity contribution in [1.82, 2.24) is 9.78 Å². The van der Waals surface area contributed by atoms with Gasteiger partial charge in [-0.05, 0) is 34.5 Å². The van der Waals surface area contributed by atoms with Crippen LogP contribution >= 0.6 is 15.9 Å². The molecule has 84 valence electrons. The molecular formula is C11H11BrN2O2. The molecule has 1 aromatic carbocycles. The van der Waals surface area contributed by atoms with Crippen LogP contribution < -0.4 is 0 Å². The number of hydrogen-bond acceptors (Lipinski definition) is 2. The predicted octanol–water partition coefficient (Wildman–Crippen LogP) is 2.52. The second-order valence-corrected chi connectivity index (χ2v) is 4.47. The number of halogens is 1. The molecule has 16 heavy (non-hydrogen) atoms. The number of carboxylic acid groups (broad SMARTS) is 1. The van der Waals surface area contributed by atoms with Crippen LogP contribution in [0.4, 0.5) is 0 Å². The van der Waals surface area contributed by atoms with Gasteiger partial charge in [0.05, 0.1) is 11.4 Å². The lowest BCUT2D eigenvalue weighted by molar-refractivity contribution is -0.138. The molecule has 0 aliphatic heterocycles. The molecule has 0 spiro atoms. The van der Waals surface area contributed by atoms with Gasteiger partial charge in [-0.25, -0.2) is 0 Å². The Hall–Kier alpha value is -1.36. The van der Waals surface area contributed by atoms with Gasteiger partial charge >= 0.3 is 5.97 Å². The molecule has 0 aliphatic rings. The highest BCUT2D eigenvalue weighted by Crippen LogP contribution is 2.31. The van der Waals surface area contributed by atoms with Gasteiger partial charge in [0.2, 0.25) is 0 Å².